The Labute approximate surface area is 231 Å². The smallest absolute Gasteiger partial charge is 0.332 e. The maximum atomic E-state index is 13.3. The number of ketones is 1. The molecule has 0 aliphatic carbocycles. The molecular weight excluding hydrogens is 514 g/mol. The SMILES string of the molecule is CC(=O)c1ccc(NC(=S)N2CCN(c3nc4c(c(=O)n(C)c(=O)n4C)n3Cc3cccc(C)c3)CC2)cc1. The van der Waals surface area contributed by atoms with Crippen molar-refractivity contribution >= 4 is 45.9 Å². The highest BCUT2D eigenvalue weighted by Crippen LogP contribution is 2.23. The predicted octanol–water partition coefficient (Wildman–Crippen LogP) is 2.51. The number of fused-ring (bicyclic) bond motifs is 1. The fraction of sp³-hybridized carbons (Fsp3) is 0.321. The molecule has 39 heavy (non-hydrogen) atoms. The van der Waals surface area contributed by atoms with E-state index in [1.165, 1.54) is 11.6 Å². The van der Waals surface area contributed by atoms with Crippen LogP contribution in [0.15, 0.2) is 58.1 Å². The number of aryl methyl sites for hydroxylation is 2. The molecule has 3 heterocycles. The highest BCUT2D eigenvalue weighted by atomic mass is 32.1. The molecule has 0 radical (unpaired) electrons. The van der Waals surface area contributed by atoms with Gasteiger partial charge in [-0.25, -0.2) is 4.79 Å². The number of thiocarbonyl (C=S) groups is 1. The molecule has 202 valence electrons. The van der Waals surface area contributed by atoms with Crippen LogP contribution in [-0.4, -0.2) is 60.7 Å². The highest BCUT2D eigenvalue weighted by Gasteiger charge is 2.26. The lowest BCUT2D eigenvalue weighted by atomic mass is 10.1. The van der Waals surface area contributed by atoms with Gasteiger partial charge in [0.05, 0.1) is 6.54 Å². The summed E-state index contributed by atoms with van der Waals surface area (Å²) < 4.78 is 4.49. The molecule has 0 saturated carbocycles. The third-order valence-corrected chi connectivity index (χ3v) is 7.50. The number of hydrogen-bond acceptors (Lipinski definition) is 6. The van der Waals surface area contributed by atoms with E-state index in [2.05, 4.69) is 21.2 Å². The maximum absolute atomic E-state index is 13.3. The number of nitrogens with zero attached hydrogens (tertiary/aromatic N) is 6. The summed E-state index contributed by atoms with van der Waals surface area (Å²) in [7, 11) is 3.14. The van der Waals surface area contributed by atoms with E-state index in [9.17, 15) is 14.4 Å². The first-order valence-electron chi connectivity index (χ1n) is 12.8. The van der Waals surface area contributed by atoms with E-state index < -0.39 is 5.69 Å². The first kappa shape index (κ1) is 26.4. The molecule has 1 aliphatic heterocycles. The van der Waals surface area contributed by atoms with Crippen LogP contribution in [0, 0.1) is 6.92 Å². The molecule has 1 saturated heterocycles. The Hall–Kier alpha value is -4.25. The predicted molar refractivity (Wildman–Crippen MR) is 157 cm³/mol. The molecule has 0 spiro atoms. The zero-order valence-electron chi connectivity index (χ0n) is 22.5. The summed E-state index contributed by atoms with van der Waals surface area (Å²) in [6.45, 7) is 6.61. The third kappa shape index (κ3) is 5.09. The van der Waals surface area contributed by atoms with Crippen molar-refractivity contribution in [2.45, 2.75) is 20.4 Å². The van der Waals surface area contributed by atoms with Gasteiger partial charge < -0.3 is 15.1 Å². The summed E-state index contributed by atoms with van der Waals surface area (Å²) in [5.74, 6) is 0.676. The number of aromatic nitrogens is 4. The van der Waals surface area contributed by atoms with Crippen LogP contribution in [0.4, 0.5) is 11.6 Å². The zero-order chi connectivity index (χ0) is 27.8. The second-order valence-corrected chi connectivity index (χ2v) is 10.3. The van der Waals surface area contributed by atoms with Gasteiger partial charge in [0.25, 0.3) is 5.56 Å². The Morgan fingerprint density at radius 1 is 1.00 bits per heavy atom. The lowest BCUT2D eigenvalue weighted by molar-refractivity contribution is 0.101. The molecular formula is C28H31N7O3S. The Balaban J connectivity index is 1.41. The largest absolute Gasteiger partial charge is 0.345 e. The molecule has 2 aromatic carbocycles. The van der Waals surface area contributed by atoms with Gasteiger partial charge in [0.2, 0.25) is 5.95 Å². The van der Waals surface area contributed by atoms with E-state index in [1.54, 1.807) is 26.1 Å². The van der Waals surface area contributed by atoms with E-state index in [0.29, 0.717) is 60.5 Å². The van der Waals surface area contributed by atoms with Crippen molar-refractivity contribution in [3.63, 3.8) is 0 Å². The van der Waals surface area contributed by atoms with Crippen LogP contribution in [0.25, 0.3) is 11.2 Å². The van der Waals surface area contributed by atoms with Crippen LogP contribution in [0.2, 0.25) is 0 Å². The summed E-state index contributed by atoms with van der Waals surface area (Å²) in [5, 5.41) is 3.86. The number of benzene rings is 2. The molecule has 2 aromatic heterocycles. The number of hydrogen-bond donors (Lipinski definition) is 1. The van der Waals surface area contributed by atoms with E-state index >= 15 is 0 Å². The van der Waals surface area contributed by atoms with Crippen molar-refractivity contribution in [3.8, 4) is 0 Å². The number of carbonyl (C=O) groups is 1. The van der Waals surface area contributed by atoms with Gasteiger partial charge in [-0.3, -0.25) is 23.3 Å². The van der Waals surface area contributed by atoms with Crippen LogP contribution < -0.4 is 21.5 Å². The standard InChI is InChI=1S/C28H31N7O3S/c1-18-6-5-7-20(16-18)17-35-23-24(31(3)28(38)32(4)25(23)37)30-26(35)33-12-14-34(15-13-33)27(39)29-22-10-8-21(9-11-22)19(2)36/h5-11,16H,12-15,17H2,1-4H3,(H,29,39). The molecule has 0 bridgehead atoms. The number of anilines is 2. The quantitative estimate of drug-likeness (QED) is 0.302. The summed E-state index contributed by atoms with van der Waals surface area (Å²) >= 11 is 5.66. The van der Waals surface area contributed by atoms with Crippen molar-refractivity contribution in [2.24, 2.45) is 14.1 Å². The van der Waals surface area contributed by atoms with E-state index in [-0.39, 0.29) is 11.3 Å². The number of nitrogens with one attached hydrogen (secondary N) is 1. The van der Waals surface area contributed by atoms with E-state index in [1.807, 2.05) is 41.8 Å². The average Bonchev–Trinajstić information content (AvgIpc) is 3.30. The van der Waals surface area contributed by atoms with E-state index in [4.69, 9.17) is 17.2 Å². The zero-order valence-corrected chi connectivity index (χ0v) is 23.3. The number of carbonyl (C=O) groups excluding carboxylic acids is 1. The van der Waals surface area contributed by atoms with Crippen LogP contribution in [0.1, 0.15) is 28.4 Å². The van der Waals surface area contributed by atoms with Gasteiger partial charge in [-0.2, -0.15) is 4.98 Å². The first-order valence-corrected chi connectivity index (χ1v) is 13.2. The van der Waals surface area contributed by atoms with Gasteiger partial charge in [0.1, 0.15) is 0 Å². The Morgan fingerprint density at radius 3 is 2.33 bits per heavy atom. The Morgan fingerprint density at radius 2 is 1.69 bits per heavy atom. The van der Waals surface area contributed by atoms with Crippen molar-refractivity contribution in [2.75, 3.05) is 36.4 Å². The lowest BCUT2D eigenvalue weighted by Gasteiger charge is -2.36. The summed E-state index contributed by atoms with van der Waals surface area (Å²) in [4.78, 5) is 46.5. The molecule has 4 aromatic rings. The van der Waals surface area contributed by atoms with Crippen molar-refractivity contribution in [3.05, 3.63) is 86.1 Å². The van der Waals surface area contributed by atoms with Gasteiger partial charge in [-0.15, -0.1) is 0 Å². The summed E-state index contributed by atoms with van der Waals surface area (Å²) in [6, 6.07) is 15.4. The molecule has 1 fully saturated rings. The van der Waals surface area contributed by atoms with Crippen molar-refractivity contribution in [1.29, 1.82) is 0 Å². The second kappa shape index (κ2) is 10.5. The Kier molecular flexibility index (Phi) is 7.09. The minimum atomic E-state index is -0.406. The van der Waals surface area contributed by atoms with Gasteiger partial charge in [0, 0.05) is 51.5 Å². The molecule has 11 heteroatoms. The monoisotopic (exact) mass is 545 g/mol. The van der Waals surface area contributed by atoms with Gasteiger partial charge in [-0.1, -0.05) is 29.8 Å². The fourth-order valence-corrected chi connectivity index (χ4v) is 5.22. The van der Waals surface area contributed by atoms with Crippen LogP contribution in [-0.2, 0) is 20.6 Å². The average molecular weight is 546 g/mol. The molecule has 1 N–H and O–H groups in total. The minimum Gasteiger partial charge on any atom is -0.345 e. The summed E-state index contributed by atoms with van der Waals surface area (Å²) in [5.41, 5.74) is 3.67. The molecule has 5 rings (SSSR count). The van der Waals surface area contributed by atoms with Crippen molar-refractivity contribution in [1.82, 2.24) is 23.6 Å². The van der Waals surface area contributed by atoms with Gasteiger partial charge >= 0.3 is 5.69 Å². The molecule has 0 amide bonds. The molecule has 0 unspecified atom stereocenters. The third-order valence-electron chi connectivity index (χ3n) is 7.14. The van der Waals surface area contributed by atoms with Crippen molar-refractivity contribution < 1.29 is 4.79 Å². The van der Waals surface area contributed by atoms with E-state index in [0.717, 1.165) is 21.4 Å². The first-order chi connectivity index (χ1) is 18.6. The van der Waals surface area contributed by atoms with Crippen LogP contribution in [0.5, 0.6) is 0 Å². The minimum absolute atomic E-state index is 0.0200. The highest BCUT2D eigenvalue weighted by molar-refractivity contribution is 7.80. The topological polar surface area (TPSA) is 97.4 Å². The second-order valence-electron chi connectivity index (χ2n) is 9.90. The Bertz CT molecular complexity index is 1690. The maximum Gasteiger partial charge on any atom is 0.332 e. The summed E-state index contributed by atoms with van der Waals surface area (Å²) in [6.07, 6.45) is 0. The number of Topliss-reactive ketones (excluding diaryl/α,β-unsaturated/α-hetero) is 1. The molecule has 0 atom stereocenters. The number of rotatable bonds is 5. The van der Waals surface area contributed by atoms with Gasteiger partial charge in [0.15, 0.2) is 22.1 Å². The lowest BCUT2D eigenvalue weighted by Crippen LogP contribution is -2.50. The molecule has 1 aliphatic rings. The fourth-order valence-electron chi connectivity index (χ4n) is 4.92. The normalized spacial score (nSPS) is 13.6. The van der Waals surface area contributed by atoms with Crippen LogP contribution in [0.3, 0.4) is 0 Å². The molecule has 10 nitrogen and oxygen atoms in total. The number of imidazole rings is 1. The van der Waals surface area contributed by atoms with Crippen LogP contribution >= 0.6 is 12.2 Å². The number of piperazine rings is 1. The van der Waals surface area contributed by atoms with Gasteiger partial charge in [-0.05, 0) is 55.9 Å².